The summed E-state index contributed by atoms with van der Waals surface area (Å²) in [6.07, 6.45) is 1.06. The molecule has 2 aromatic rings. The van der Waals surface area contributed by atoms with Crippen LogP contribution in [0.5, 0.6) is 0 Å². The van der Waals surface area contributed by atoms with Gasteiger partial charge in [-0.2, -0.15) is 0 Å². The highest BCUT2D eigenvalue weighted by molar-refractivity contribution is 8.00. The predicted molar refractivity (Wildman–Crippen MR) is 124 cm³/mol. The fourth-order valence-electron chi connectivity index (χ4n) is 4.08. The summed E-state index contributed by atoms with van der Waals surface area (Å²) in [7, 11) is 0. The minimum Gasteiger partial charge on any atom is -0.353 e. The summed E-state index contributed by atoms with van der Waals surface area (Å²) in [6.45, 7) is 7.00. The Morgan fingerprint density at radius 2 is 1.93 bits per heavy atom. The zero-order valence-electron chi connectivity index (χ0n) is 17.6. The Balaban J connectivity index is 1.47. The Morgan fingerprint density at radius 1 is 1.17 bits per heavy atom. The first-order valence-electron chi connectivity index (χ1n) is 10.5. The largest absolute Gasteiger partial charge is 0.353 e. The summed E-state index contributed by atoms with van der Waals surface area (Å²) in [5, 5.41) is 5.27. The molecular formula is C23H29N3O2S2. The van der Waals surface area contributed by atoms with E-state index < -0.39 is 0 Å². The number of fused-ring (bicyclic) bond motifs is 1. The second-order valence-corrected chi connectivity index (χ2v) is 10.3. The smallest absolute Gasteiger partial charge is 0.239 e. The average molecular weight is 444 g/mol. The van der Waals surface area contributed by atoms with Crippen LogP contribution in [0.15, 0.2) is 35.7 Å². The highest BCUT2D eigenvalue weighted by Crippen LogP contribution is 2.31. The number of rotatable bonds is 7. The molecule has 0 bridgehead atoms. The Bertz CT molecular complexity index is 894. The van der Waals surface area contributed by atoms with Gasteiger partial charge in [-0.05, 0) is 40.5 Å². The molecule has 1 aromatic carbocycles. The molecule has 0 radical (unpaired) electrons. The van der Waals surface area contributed by atoms with Crippen molar-refractivity contribution >= 4 is 34.9 Å². The van der Waals surface area contributed by atoms with Gasteiger partial charge in [-0.15, -0.1) is 23.1 Å². The molecule has 30 heavy (non-hydrogen) atoms. The molecule has 1 aromatic heterocycles. The predicted octanol–water partition coefficient (Wildman–Crippen LogP) is 3.62. The SMILES string of the molecule is CC(C)c1ccc(C(CNC(=O)CN2CSCC2=O)N2CCc3sccc3C2)cc1. The molecule has 160 valence electrons. The molecule has 1 unspecified atom stereocenters. The molecule has 4 rings (SSSR count). The molecule has 2 aliphatic heterocycles. The summed E-state index contributed by atoms with van der Waals surface area (Å²) in [5.41, 5.74) is 3.96. The molecule has 1 N–H and O–H groups in total. The van der Waals surface area contributed by atoms with E-state index in [0.717, 1.165) is 19.5 Å². The van der Waals surface area contributed by atoms with Crippen LogP contribution in [0.3, 0.4) is 0 Å². The molecule has 1 fully saturated rings. The maximum Gasteiger partial charge on any atom is 0.239 e. The Hall–Kier alpha value is -1.83. The lowest BCUT2D eigenvalue weighted by atomic mass is 9.97. The Morgan fingerprint density at radius 3 is 2.63 bits per heavy atom. The summed E-state index contributed by atoms with van der Waals surface area (Å²) >= 11 is 3.40. The maximum absolute atomic E-state index is 12.5. The van der Waals surface area contributed by atoms with Crippen LogP contribution in [0.4, 0.5) is 0 Å². The fraction of sp³-hybridized carbons (Fsp3) is 0.478. The number of carbonyl (C=O) groups excluding carboxylic acids is 2. The number of thiophene rings is 1. The Kier molecular flexibility index (Phi) is 6.80. The van der Waals surface area contributed by atoms with Crippen LogP contribution in [0.1, 0.15) is 47.4 Å². The van der Waals surface area contributed by atoms with Gasteiger partial charge in [-0.25, -0.2) is 0 Å². The summed E-state index contributed by atoms with van der Waals surface area (Å²) in [6, 6.07) is 11.2. The van der Waals surface area contributed by atoms with Gasteiger partial charge in [0.25, 0.3) is 0 Å². The lowest BCUT2D eigenvalue weighted by Crippen LogP contribution is -2.43. The van der Waals surface area contributed by atoms with Crippen LogP contribution >= 0.6 is 23.1 Å². The first-order valence-corrected chi connectivity index (χ1v) is 12.6. The van der Waals surface area contributed by atoms with E-state index in [2.05, 4.69) is 59.8 Å². The van der Waals surface area contributed by atoms with Gasteiger partial charge >= 0.3 is 0 Å². The normalized spacial score (nSPS) is 18.0. The van der Waals surface area contributed by atoms with Crippen LogP contribution in [0.2, 0.25) is 0 Å². The van der Waals surface area contributed by atoms with E-state index in [-0.39, 0.29) is 24.4 Å². The van der Waals surface area contributed by atoms with Crippen molar-refractivity contribution in [2.75, 3.05) is 31.3 Å². The number of carbonyl (C=O) groups is 2. The first kappa shape index (κ1) is 21.4. The highest BCUT2D eigenvalue weighted by atomic mass is 32.2. The number of hydrogen-bond donors (Lipinski definition) is 1. The monoisotopic (exact) mass is 443 g/mol. The van der Waals surface area contributed by atoms with Crippen LogP contribution < -0.4 is 5.32 Å². The molecule has 2 amide bonds. The zero-order valence-corrected chi connectivity index (χ0v) is 19.2. The summed E-state index contributed by atoms with van der Waals surface area (Å²) in [5.74, 6) is 1.56. The van der Waals surface area contributed by atoms with Gasteiger partial charge < -0.3 is 10.2 Å². The zero-order chi connectivity index (χ0) is 21.1. The van der Waals surface area contributed by atoms with Crippen molar-refractivity contribution in [1.82, 2.24) is 15.1 Å². The van der Waals surface area contributed by atoms with E-state index in [1.165, 1.54) is 21.6 Å². The number of nitrogens with one attached hydrogen (secondary N) is 1. The quantitative estimate of drug-likeness (QED) is 0.710. The second kappa shape index (κ2) is 9.54. The number of thioether (sulfide) groups is 1. The van der Waals surface area contributed by atoms with Gasteiger partial charge in [0.1, 0.15) is 6.54 Å². The fourth-order valence-corrected chi connectivity index (χ4v) is 5.87. The molecule has 0 aliphatic carbocycles. The number of benzene rings is 1. The lowest BCUT2D eigenvalue weighted by Gasteiger charge is -2.35. The average Bonchev–Trinajstić information content (AvgIpc) is 3.37. The maximum atomic E-state index is 12.5. The van der Waals surface area contributed by atoms with Crippen molar-refractivity contribution in [3.05, 3.63) is 57.3 Å². The number of hydrogen-bond acceptors (Lipinski definition) is 5. The second-order valence-electron chi connectivity index (χ2n) is 8.30. The lowest BCUT2D eigenvalue weighted by molar-refractivity contribution is -0.132. The van der Waals surface area contributed by atoms with E-state index in [4.69, 9.17) is 0 Å². The van der Waals surface area contributed by atoms with Crippen molar-refractivity contribution in [3.63, 3.8) is 0 Å². The minimum absolute atomic E-state index is 0.0528. The first-order chi connectivity index (χ1) is 14.5. The molecular weight excluding hydrogens is 414 g/mol. The van der Waals surface area contributed by atoms with Crippen molar-refractivity contribution < 1.29 is 9.59 Å². The van der Waals surface area contributed by atoms with Crippen molar-refractivity contribution in [2.24, 2.45) is 0 Å². The van der Waals surface area contributed by atoms with E-state index in [1.807, 2.05) is 11.3 Å². The highest BCUT2D eigenvalue weighted by Gasteiger charge is 2.27. The third-order valence-corrected chi connectivity index (χ3v) is 7.89. The molecule has 7 heteroatoms. The van der Waals surface area contributed by atoms with Crippen LogP contribution in [-0.2, 0) is 22.6 Å². The molecule has 0 saturated carbocycles. The van der Waals surface area contributed by atoms with Gasteiger partial charge in [0.15, 0.2) is 0 Å². The molecule has 2 aliphatic rings. The third-order valence-electron chi connectivity index (χ3n) is 5.92. The van der Waals surface area contributed by atoms with E-state index >= 15 is 0 Å². The molecule has 5 nitrogen and oxygen atoms in total. The van der Waals surface area contributed by atoms with E-state index in [9.17, 15) is 9.59 Å². The van der Waals surface area contributed by atoms with Crippen LogP contribution in [-0.4, -0.2) is 52.9 Å². The van der Waals surface area contributed by atoms with Crippen LogP contribution in [0.25, 0.3) is 0 Å². The van der Waals surface area contributed by atoms with Gasteiger partial charge in [0.05, 0.1) is 17.7 Å². The van der Waals surface area contributed by atoms with Gasteiger partial charge in [0, 0.05) is 24.5 Å². The standard InChI is InChI=1S/C23H29N3O2S2/c1-16(2)17-3-5-18(6-4-17)20(25-9-7-21-19(12-25)8-10-30-21)11-24-22(27)13-26-15-29-14-23(26)28/h3-6,8,10,16,20H,7,9,11-15H2,1-2H3,(H,24,27). The van der Waals surface area contributed by atoms with E-state index in [0.29, 0.717) is 24.1 Å². The number of amides is 2. The minimum atomic E-state index is -0.0807. The molecule has 1 saturated heterocycles. The van der Waals surface area contributed by atoms with Crippen molar-refractivity contribution in [1.29, 1.82) is 0 Å². The van der Waals surface area contributed by atoms with Gasteiger partial charge in [-0.1, -0.05) is 38.1 Å². The topological polar surface area (TPSA) is 52.7 Å². The molecule has 0 spiro atoms. The van der Waals surface area contributed by atoms with Gasteiger partial charge in [-0.3, -0.25) is 14.5 Å². The molecule has 3 heterocycles. The summed E-state index contributed by atoms with van der Waals surface area (Å²) < 4.78 is 0. The summed E-state index contributed by atoms with van der Waals surface area (Å²) in [4.78, 5) is 29.9. The van der Waals surface area contributed by atoms with Gasteiger partial charge in [0.2, 0.25) is 11.8 Å². The number of nitrogens with zero attached hydrogens (tertiary/aromatic N) is 2. The molecule has 1 atom stereocenters. The Labute approximate surface area is 186 Å². The van der Waals surface area contributed by atoms with E-state index in [1.54, 1.807) is 16.7 Å². The van der Waals surface area contributed by atoms with Crippen molar-refractivity contribution in [3.8, 4) is 0 Å². The van der Waals surface area contributed by atoms with Crippen molar-refractivity contribution in [2.45, 2.75) is 38.8 Å². The van der Waals surface area contributed by atoms with Crippen LogP contribution in [0, 0.1) is 0 Å². The third kappa shape index (κ3) is 4.90.